The summed E-state index contributed by atoms with van der Waals surface area (Å²) in [4.78, 5) is 6.71. The monoisotopic (exact) mass is 325 g/mol. The van der Waals surface area contributed by atoms with Crippen molar-refractivity contribution in [3.05, 3.63) is 28.2 Å². The molecule has 1 fully saturated rings. The van der Waals surface area contributed by atoms with Crippen LogP contribution in [-0.2, 0) is 0 Å². The molecular weight excluding hydrogens is 309 g/mol. The minimum atomic E-state index is 0.490. The van der Waals surface area contributed by atoms with Crippen molar-refractivity contribution in [1.29, 1.82) is 0 Å². The largest absolute Gasteiger partial charge is 0.340 e. The molecule has 2 aromatic rings. The van der Waals surface area contributed by atoms with E-state index in [9.17, 15) is 0 Å². The number of nitrogens with two attached hydrogens (primary N) is 1. The van der Waals surface area contributed by atoms with Crippen LogP contribution >= 0.6 is 23.2 Å². The van der Waals surface area contributed by atoms with Gasteiger partial charge in [0.1, 0.15) is 0 Å². The standard InChI is InChI=1S/C14H17Cl2N5/c15-11-3-1-2-10(12(11)16)13-18-14(20-19-13)21-6-4-9(8-17)5-7-21/h1-3,9H,4-8,17H2,(H,18,19,20). The average molecular weight is 326 g/mol. The first-order valence-corrected chi connectivity index (χ1v) is 7.76. The molecule has 5 nitrogen and oxygen atoms in total. The van der Waals surface area contributed by atoms with E-state index in [0.717, 1.165) is 38.0 Å². The van der Waals surface area contributed by atoms with E-state index in [-0.39, 0.29) is 0 Å². The van der Waals surface area contributed by atoms with Crippen LogP contribution in [0.1, 0.15) is 12.8 Å². The third kappa shape index (κ3) is 3.00. The van der Waals surface area contributed by atoms with Gasteiger partial charge in [-0.15, -0.1) is 5.10 Å². The van der Waals surface area contributed by atoms with Gasteiger partial charge in [0, 0.05) is 18.7 Å². The van der Waals surface area contributed by atoms with Gasteiger partial charge in [-0.3, -0.25) is 5.10 Å². The zero-order chi connectivity index (χ0) is 14.8. The van der Waals surface area contributed by atoms with E-state index in [1.807, 2.05) is 12.1 Å². The Bertz CT molecular complexity index is 620. The summed E-state index contributed by atoms with van der Waals surface area (Å²) in [5.74, 6) is 1.96. The normalized spacial score (nSPS) is 16.4. The molecule has 3 rings (SSSR count). The van der Waals surface area contributed by atoms with Gasteiger partial charge in [0.05, 0.1) is 10.0 Å². The van der Waals surface area contributed by atoms with Crippen molar-refractivity contribution in [2.24, 2.45) is 11.7 Å². The maximum absolute atomic E-state index is 6.21. The number of halogens is 2. The summed E-state index contributed by atoms with van der Waals surface area (Å²) < 4.78 is 0. The third-order valence-corrected chi connectivity index (χ3v) is 4.73. The predicted molar refractivity (Wildman–Crippen MR) is 85.8 cm³/mol. The number of aromatic nitrogens is 3. The lowest BCUT2D eigenvalue weighted by Gasteiger charge is -2.30. The first kappa shape index (κ1) is 14.6. The Balaban J connectivity index is 1.79. The zero-order valence-corrected chi connectivity index (χ0v) is 13.0. The van der Waals surface area contributed by atoms with Crippen LogP contribution in [0.25, 0.3) is 11.4 Å². The van der Waals surface area contributed by atoms with Gasteiger partial charge >= 0.3 is 0 Å². The van der Waals surface area contributed by atoms with Crippen LogP contribution in [0.15, 0.2) is 18.2 Å². The lowest BCUT2D eigenvalue weighted by molar-refractivity contribution is 0.411. The van der Waals surface area contributed by atoms with Crippen molar-refractivity contribution in [3.63, 3.8) is 0 Å². The van der Waals surface area contributed by atoms with E-state index in [2.05, 4.69) is 20.1 Å². The van der Waals surface area contributed by atoms with Crippen LogP contribution in [0, 0.1) is 5.92 Å². The summed E-state index contributed by atoms with van der Waals surface area (Å²) in [7, 11) is 0. The number of nitrogens with one attached hydrogen (secondary N) is 1. The van der Waals surface area contributed by atoms with E-state index in [1.54, 1.807) is 6.07 Å². The van der Waals surface area contributed by atoms with Gasteiger partial charge in [-0.05, 0) is 37.4 Å². The van der Waals surface area contributed by atoms with E-state index in [0.29, 0.717) is 27.7 Å². The topological polar surface area (TPSA) is 70.8 Å². The molecule has 1 aromatic heterocycles. The van der Waals surface area contributed by atoms with E-state index in [1.165, 1.54) is 0 Å². The maximum atomic E-state index is 6.21. The fraction of sp³-hybridized carbons (Fsp3) is 0.429. The SMILES string of the molecule is NCC1CCN(c2n[nH]c(-c3cccc(Cl)c3Cl)n2)CC1. The van der Waals surface area contributed by atoms with E-state index < -0.39 is 0 Å². The molecule has 0 spiro atoms. The predicted octanol–water partition coefficient (Wildman–Crippen LogP) is 2.95. The molecule has 0 amide bonds. The van der Waals surface area contributed by atoms with Gasteiger partial charge in [0.25, 0.3) is 0 Å². The van der Waals surface area contributed by atoms with Crippen LogP contribution in [0.2, 0.25) is 10.0 Å². The first-order chi connectivity index (χ1) is 10.2. The molecule has 2 heterocycles. The molecule has 0 aliphatic carbocycles. The number of piperidine rings is 1. The first-order valence-electron chi connectivity index (χ1n) is 7.01. The van der Waals surface area contributed by atoms with Crippen LogP contribution in [-0.4, -0.2) is 34.8 Å². The summed E-state index contributed by atoms with van der Waals surface area (Å²) in [6.07, 6.45) is 2.16. The number of benzene rings is 1. The summed E-state index contributed by atoms with van der Waals surface area (Å²) in [6.45, 7) is 2.62. The van der Waals surface area contributed by atoms with Gasteiger partial charge in [-0.1, -0.05) is 29.3 Å². The number of rotatable bonds is 3. The molecule has 0 saturated carbocycles. The van der Waals surface area contributed by atoms with Crippen molar-refractivity contribution in [3.8, 4) is 11.4 Å². The highest BCUT2D eigenvalue weighted by Crippen LogP contribution is 2.32. The Kier molecular flexibility index (Phi) is 4.33. The smallest absolute Gasteiger partial charge is 0.245 e. The van der Waals surface area contributed by atoms with Crippen LogP contribution < -0.4 is 10.6 Å². The third-order valence-electron chi connectivity index (χ3n) is 3.91. The van der Waals surface area contributed by atoms with Crippen molar-refractivity contribution in [2.45, 2.75) is 12.8 Å². The molecule has 0 radical (unpaired) electrons. The fourth-order valence-electron chi connectivity index (χ4n) is 2.57. The second-order valence-electron chi connectivity index (χ2n) is 5.25. The van der Waals surface area contributed by atoms with Crippen molar-refractivity contribution in [2.75, 3.05) is 24.5 Å². The highest BCUT2D eigenvalue weighted by atomic mass is 35.5. The number of hydrogen-bond acceptors (Lipinski definition) is 4. The van der Waals surface area contributed by atoms with Crippen molar-refractivity contribution >= 4 is 29.2 Å². The molecule has 1 aliphatic rings. The summed E-state index contributed by atoms with van der Waals surface area (Å²) in [5, 5.41) is 8.24. The molecule has 112 valence electrons. The Morgan fingerprint density at radius 3 is 2.76 bits per heavy atom. The molecule has 0 atom stereocenters. The van der Waals surface area contributed by atoms with E-state index >= 15 is 0 Å². The van der Waals surface area contributed by atoms with Gasteiger partial charge in [-0.25, -0.2) is 0 Å². The Hall–Kier alpha value is -1.30. The lowest BCUT2D eigenvalue weighted by Crippen LogP contribution is -2.36. The van der Waals surface area contributed by atoms with Gasteiger partial charge in [-0.2, -0.15) is 4.98 Å². The second kappa shape index (κ2) is 6.22. The van der Waals surface area contributed by atoms with Crippen molar-refractivity contribution in [1.82, 2.24) is 15.2 Å². The summed E-state index contributed by atoms with van der Waals surface area (Å²) in [6, 6.07) is 5.47. The Labute approximate surface area is 133 Å². The minimum Gasteiger partial charge on any atom is -0.340 e. The number of H-pyrrole nitrogens is 1. The number of aromatic amines is 1. The molecule has 0 bridgehead atoms. The number of hydrogen-bond donors (Lipinski definition) is 2. The lowest BCUT2D eigenvalue weighted by atomic mass is 9.97. The highest BCUT2D eigenvalue weighted by molar-refractivity contribution is 6.43. The fourth-order valence-corrected chi connectivity index (χ4v) is 2.96. The van der Waals surface area contributed by atoms with Crippen molar-refractivity contribution < 1.29 is 0 Å². The minimum absolute atomic E-state index is 0.490. The molecule has 1 saturated heterocycles. The number of anilines is 1. The molecule has 1 aromatic carbocycles. The average Bonchev–Trinajstić information content (AvgIpc) is 3.00. The van der Waals surface area contributed by atoms with Gasteiger partial charge < -0.3 is 10.6 Å². The van der Waals surface area contributed by atoms with Crippen LogP contribution in [0.5, 0.6) is 0 Å². The molecule has 0 unspecified atom stereocenters. The summed E-state index contributed by atoms with van der Waals surface area (Å²) >= 11 is 12.2. The molecular formula is C14H17Cl2N5. The van der Waals surface area contributed by atoms with Crippen LogP contribution in [0.3, 0.4) is 0 Å². The van der Waals surface area contributed by atoms with Gasteiger partial charge in [0.15, 0.2) is 5.82 Å². The molecule has 3 N–H and O–H groups in total. The zero-order valence-electron chi connectivity index (χ0n) is 11.5. The Morgan fingerprint density at radius 2 is 2.05 bits per heavy atom. The summed E-state index contributed by atoms with van der Waals surface area (Å²) in [5.41, 5.74) is 6.48. The number of nitrogens with zero attached hydrogens (tertiary/aromatic N) is 3. The maximum Gasteiger partial charge on any atom is 0.245 e. The Morgan fingerprint density at radius 1 is 1.29 bits per heavy atom. The quantitative estimate of drug-likeness (QED) is 0.910. The second-order valence-corrected chi connectivity index (χ2v) is 6.04. The van der Waals surface area contributed by atoms with E-state index in [4.69, 9.17) is 28.9 Å². The highest BCUT2D eigenvalue weighted by Gasteiger charge is 2.21. The molecule has 1 aliphatic heterocycles. The van der Waals surface area contributed by atoms with Crippen LogP contribution in [0.4, 0.5) is 5.95 Å². The van der Waals surface area contributed by atoms with Gasteiger partial charge in [0.2, 0.25) is 5.95 Å². The molecule has 21 heavy (non-hydrogen) atoms. The molecule has 7 heteroatoms.